The zero-order chi connectivity index (χ0) is 21.3. The third kappa shape index (κ3) is 4.10. The van der Waals surface area contributed by atoms with Gasteiger partial charge in [0, 0.05) is 26.2 Å². The van der Waals surface area contributed by atoms with Crippen LogP contribution in [0.5, 0.6) is 0 Å². The first kappa shape index (κ1) is 20.5. The number of piperazine rings is 1. The van der Waals surface area contributed by atoms with Gasteiger partial charge in [0.25, 0.3) is 15.9 Å². The van der Waals surface area contributed by atoms with Gasteiger partial charge < -0.3 is 14.6 Å². The highest BCUT2D eigenvalue weighted by Crippen LogP contribution is 2.27. The number of benzene rings is 1. The van der Waals surface area contributed by atoms with Gasteiger partial charge in [0.05, 0.1) is 17.1 Å². The molecule has 0 radical (unpaired) electrons. The molecule has 2 N–H and O–H groups in total. The molecule has 1 aromatic carbocycles. The highest BCUT2D eigenvalue weighted by Gasteiger charge is 2.31. The Morgan fingerprint density at radius 3 is 2.47 bits per heavy atom. The number of furan rings is 1. The summed E-state index contributed by atoms with van der Waals surface area (Å²) < 4.78 is 37.5. The number of rotatable bonds is 6. The fourth-order valence-electron chi connectivity index (χ4n) is 3.10. The molecule has 1 aliphatic rings. The third-order valence-corrected chi connectivity index (χ3v) is 6.78. The van der Waals surface area contributed by atoms with Crippen molar-refractivity contribution in [1.82, 2.24) is 19.4 Å². The van der Waals surface area contributed by atoms with E-state index in [9.17, 15) is 13.2 Å². The van der Waals surface area contributed by atoms with Crippen LogP contribution in [0.1, 0.15) is 16.4 Å². The summed E-state index contributed by atoms with van der Waals surface area (Å²) in [6, 6.07) is 9.66. The number of carbonyl (C=O) groups is 1. The Kier molecular flexibility index (Phi) is 5.60. The third-order valence-electron chi connectivity index (χ3n) is 4.68. The second-order valence-corrected chi connectivity index (χ2v) is 8.92. The van der Waals surface area contributed by atoms with E-state index in [0.717, 1.165) is 0 Å². The number of sulfonamides is 1. The van der Waals surface area contributed by atoms with Crippen molar-refractivity contribution in [3.05, 3.63) is 53.1 Å². The van der Waals surface area contributed by atoms with E-state index < -0.39 is 15.9 Å². The molecule has 4 rings (SSSR count). The van der Waals surface area contributed by atoms with Gasteiger partial charge in [-0.15, -0.1) is 10.2 Å². The summed E-state index contributed by atoms with van der Waals surface area (Å²) in [6.07, 6.45) is 0. The Bertz CT molecular complexity index is 1170. The molecule has 0 bridgehead atoms. The molecule has 3 heterocycles. The molecule has 0 unspecified atom stereocenters. The van der Waals surface area contributed by atoms with Gasteiger partial charge in [0.1, 0.15) is 0 Å². The Morgan fingerprint density at radius 2 is 1.80 bits per heavy atom. The minimum atomic E-state index is -3.84. The molecule has 10 nitrogen and oxygen atoms in total. The minimum absolute atomic E-state index is 0.196. The molecule has 0 saturated carbocycles. The molecular formula is C18H18ClN5O5S. The SMILES string of the molecule is NC(=O)c1ccc(S(=O)(=O)N2CCN(Cc3nnc(-c4ccccc4Cl)o3)CC2)o1. The van der Waals surface area contributed by atoms with Crippen molar-refractivity contribution in [3.8, 4) is 11.5 Å². The standard InChI is InChI=1S/C18H18ClN5O5S/c19-13-4-2-1-3-12(13)18-22-21-15(29-18)11-23-7-9-24(10-8-23)30(26,27)16-6-5-14(28-16)17(20)25/h1-6H,7-11H2,(H2,20,25). The lowest BCUT2D eigenvalue weighted by Gasteiger charge is -2.32. The van der Waals surface area contributed by atoms with E-state index in [1.54, 1.807) is 12.1 Å². The number of hydrogen-bond acceptors (Lipinski definition) is 8. The zero-order valence-corrected chi connectivity index (χ0v) is 17.3. The summed E-state index contributed by atoms with van der Waals surface area (Å²) in [7, 11) is -3.84. The highest BCUT2D eigenvalue weighted by atomic mass is 35.5. The van der Waals surface area contributed by atoms with Crippen LogP contribution < -0.4 is 5.73 Å². The van der Waals surface area contributed by atoms with Crippen LogP contribution in [0, 0.1) is 0 Å². The van der Waals surface area contributed by atoms with Crippen molar-refractivity contribution in [3.63, 3.8) is 0 Å². The number of nitrogens with two attached hydrogens (primary N) is 1. The maximum Gasteiger partial charge on any atom is 0.284 e. The summed E-state index contributed by atoms with van der Waals surface area (Å²) in [5.74, 6) is -0.270. The largest absolute Gasteiger partial charge is 0.438 e. The lowest BCUT2D eigenvalue weighted by atomic mass is 10.2. The van der Waals surface area contributed by atoms with Gasteiger partial charge >= 0.3 is 0 Å². The Balaban J connectivity index is 1.38. The summed E-state index contributed by atoms with van der Waals surface area (Å²) in [5.41, 5.74) is 5.77. The van der Waals surface area contributed by atoms with E-state index >= 15 is 0 Å². The van der Waals surface area contributed by atoms with E-state index in [-0.39, 0.29) is 23.9 Å². The minimum Gasteiger partial charge on any atom is -0.438 e. The highest BCUT2D eigenvalue weighted by molar-refractivity contribution is 7.89. The molecule has 0 aliphatic carbocycles. The van der Waals surface area contributed by atoms with Crippen molar-refractivity contribution < 1.29 is 22.0 Å². The first-order valence-electron chi connectivity index (χ1n) is 9.04. The van der Waals surface area contributed by atoms with Crippen LogP contribution in [0.4, 0.5) is 0 Å². The number of hydrogen-bond donors (Lipinski definition) is 1. The van der Waals surface area contributed by atoms with Crippen LogP contribution in [0.2, 0.25) is 5.02 Å². The second kappa shape index (κ2) is 8.19. The number of aromatic nitrogens is 2. The normalized spacial score (nSPS) is 16.0. The predicted molar refractivity (Wildman–Crippen MR) is 106 cm³/mol. The summed E-state index contributed by atoms with van der Waals surface area (Å²) in [6.45, 7) is 1.82. The molecule has 12 heteroatoms. The maximum atomic E-state index is 12.7. The van der Waals surface area contributed by atoms with E-state index in [0.29, 0.717) is 42.0 Å². The Labute approximate surface area is 177 Å². The van der Waals surface area contributed by atoms with Crippen molar-refractivity contribution >= 4 is 27.5 Å². The van der Waals surface area contributed by atoms with Crippen molar-refractivity contribution in [2.45, 2.75) is 11.6 Å². The van der Waals surface area contributed by atoms with Gasteiger partial charge in [-0.2, -0.15) is 4.31 Å². The van der Waals surface area contributed by atoms with Crippen LogP contribution in [-0.4, -0.2) is 59.9 Å². The van der Waals surface area contributed by atoms with E-state index in [4.69, 9.17) is 26.2 Å². The molecule has 1 aliphatic heterocycles. The molecule has 0 atom stereocenters. The van der Waals surface area contributed by atoms with Gasteiger partial charge in [-0.05, 0) is 24.3 Å². The first-order valence-corrected chi connectivity index (χ1v) is 10.9. The van der Waals surface area contributed by atoms with Gasteiger partial charge in [0.15, 0.2) is 5.76 Å². The number of nitrogens with zero attached hydrogens (tertiary/aromatic N) is 4. The Hall–Kier alpha value is -2.73. The first-order chi connectivity index (χ1) is 14.3. The predicted octanol–water partition coefficient (Wildman–Crippen LogP) is 1.59. The van der Waals surface area contributed by atoms with Gasteiger partial charge in [-0.3, -0.25) is 9.69 Å². The summed E-state index contributed by atoms with van der Waals surface area (Å²) in [5, 5.41) is 8.31. The molecular weight excluding hydrogens is 434 g/mol. The average molecular weight is 452 g/mol. The van der Waals surface area contributed by atoms with Crippen molar-refractivity contribution in [2.75, 3.05) is 26.2 Å². The van der Waals surface area contributed by atoms with Gasteiger partial charge in [0.2, 0.25) is 16.9 Å². The monoisotopic (exact) mass is 451 g/mol. The second-order valence-electron chi connectivity index (χ2n) is 6.64. The average Bonchev–Trinajstić information content (AvgIpc) is 3.39. The number of amides is 1. The fraction of sp³-hybridized carbons (Fsp3) is 0.278. The van der Waals surface area contributed by atoms with Crippen molar-refractivity contribution in [1.29, 1.82) is 0 Å². The lowest BCUT2D eigenvalue weighted by molar-refractivity contribution is 0.0968. The molecule has 158 valence electrons. The molecule has 1 fully saturated rings. The molecule has 2 aromatic heterocycles. The zero-order valence-electron chi connectivity index (χ0n) is 15.7. The van der Waals surface area contributed by atoms with Crippen molar-refractivity contribution in [2.24, 2.45) is 5.73 Å². The van der Waals surface area contributed by atoms with Gasteiger partial charge in [-0.25, -0.2) is 8.42 Å². The fourth-order valence-corrected chi connectivity index (χ4v) is 4.65. The van der Waals surface area contributed by atoms with E-state index in [2.05, 4.69) is 10.2 Å². The number of carbonyl (C=O) groups excluding carboxylic acids is 1. The van der Waals surface area contributed by atoms with Crippen LogP contribution in [-0.2, 0) is 16.6 Å². The van der Waals surface area contributed by atoms with Crippen LogP contribution >= 0.6 is 11.6 Å². The van der Waals surface area contributed by atoms with Crippen LogP contribution in [0.25, 0.3) is 11.5 Å². The molecule has 1 amide bonds. The molecule has 3 aromatic rings. The number of primary amides is 1. The Morgan fingerprint density at radius 1 is 1.07 bits per heavy atom. The molecule has 30 heavy (non-hydrogen) atoms. The molecule has 0 spiro atoms. The summed E-state index contributed by atoms with van der Waals surface area (Å²) >= 11 is 6.15. The summed E-state index contributed by atoms with van der Waals surface area (Å²) in [4.78, 5) is 13.1. The van der Waals surface area contributed by atoms with E-state index in [1.165, 1.54) is 16.4 Å². The smallest absolute Gasteiger partial charge is 0.284 e. The topological polar surface area (TPSA) is 136 Å². The number of halogens is 1. The van der Waals surface area contributed by atoms with Crippen LogP contribution in [0.3, 0.4) is 0 Å². The quantitative estimate of drug-likeness (QED) is 0.596. The van der Waals surface area contributed by atoms with Gasteiger partial charge in [-0.1, -0.05) is 23.7 Å². The van der Waals surface area contributed by atoms with E-state index in [1.807, 2.05) is 17.0 Å². The van der Waals surface area contributed by atoms with Crippen LogP contribution in [0.15, 0.2) is 50.3 Å². The lowest BCUT2D eigenvalue weighted by Crippen LogP contribution is -2.48. The molecule has 1 saturated heterocycles. The maximum absolute atomic E-state index is 12.7.